The molecule has 3 aromatic rings. The molecule has 0 fully saturated rings. The second-order valence-electron chi connectivity index (χ2n) is 9.64. The number of benzene rings is 3. The molecule has 39 heavy (non-hydrogen) atoms. The van der Waals surface area contributed by atoms with E-state index in [9.17, 15) is 19.8 Å². The molecule has 2 atom stereocenters. The number of carbonyl (C=O) groups excluding carboxylic acids is 1. The normalized spacial score (nSPS) is 14.2. The number of carboxylic acids is 1. The van der Waals surface area contributed by atoms with E-state index in [1.165, 1.54) is 0 Å². The summed E-state index contributed by atoms with van der Waals surface area (Å²) in [5.74, 6) is -1.87. The Balaban J connectivity index is 1.48. The van der Waals surface area contributed by atoms with Crippen molar-refractivity contribution in [2.45, 2.75) is 43.7 Å². The number of fused-ring (bicyclic) bond motifs is 3. The van der Waals surface area contributed by atoms with Crippen molar-refractivity contribution in [3.8, 4) is 11.1 Å². The van der Waals surface area contributed by atoms with Gasteiger partial charge in [-0.25, -0.2) is 4.79 Å². The molecule has 0 unspecified atom stereocenters. The van der Waals surface area contributed by atoms with Crippen LogP contribution in [0.25, 0.3) is 11.1 Å². The lowest BCUT2D eigenvalue weighted by Gasteiger charge is -2.23. The van der Waals surface area contributed by atoms with Gasteiger partial charge in [-0.1, -0.05) is 78.9 Å². The minimum Gasteiger partial charge on any atom is -0.599 e. The van der Waals surface area contributed by atoms with Crippen LogP contribution < -0.4 is 15.7 Å². The number of ether oxygens (including phenoxy) is 1. The molecule has 0 aromatic heterocycles. The zero-order chi connectivity index (χ0) is 27.6. The Kier molecular flexibility index (Phi) is 9.69. The summed E-state index contributed by atoms with van der Waals surface area (Å²) in [5, 5.41) is 28.1. The van der Waals surface area contributed by atoms with E-state index in [1.807, 2.05) is 73.8 Å². The van der Waals surface area contributed by atoms with E-state index >= 15 is 0 Å². The van der Waals surface area contributed by atoms with Crippen LogP contribution in [-0.4, -0.2) is 55.3 Å². The van der Waals surface area contributed by atoms with Gasteiger partial charge in [0.25, 0.3) is 0 Å². The predicted molar refractivity (Wildman–Crippen MR) is 148 cm³/mol. The molecule has 0 bridgehead atoms. The van der Waals surface area contributed by atoms with Crippen molar-refractivity contribution in [3.05, 3.63) is 95.6 Å². The third-order valence-corrected chi connectivity index (χ3v) is 6.96. The summed E-state index contributed by atoms with van der Waals surface area (Å²) >= 11 is 0. The molecule has 1 aliphatic rings. The molecule has 8 heteroatoms. The molecule has 1 aliphatic carbocycles. The van der Waals surface area contributed by atoms with Gasteiger partial charge in [-0.2, -0.15) is 0 Å². The third kappa shape index (κ3) is 7.23. The number of carbonyl (C=O) groups is 2. The molecule has 0 spiro atoms. The van der Waals surface area contributed by atoms with E-state index in [4.69, 9.17) is 4.74 Å². The van der Waals surface area contributed by atoms with Gasteiger partial charge in [-0.15, -0.1) is 0 Å². The van der Waals surface area contributed by atoms with Gasteiger partial charge in [0.1, 0.15) is 18.2 Å². The Morgan fingerprint density at radius 3 is 2.18 bits per heavy atom. The van der Waals surface area contributed by atoms with Gasteiger partial charge in [-0.05, 0) is 60.7 Å². The molecule has 0 radical (unpaired) electrons. The molecule has 204 valence electrons. The topological polar surface area (TPSA) is 123 Å². The molecule has 0 saturated heterocycles. The monoisotopic (exact) mass is 528 g/mol. The van der Waals surface area contributed by atoms with Crippen LogP contribution in [0.2, 0.25) is 0 Å². The molecular weight excluding hydrogens is 494 g/mol. The van der Waals surface area contributed by atoms with Crippen molar-refractivity contribution in [2.24, 2.45) is 4.99 Å². The van der Waals surface area contributed by atoms with E-state index < -0.39 is 30.0 Å². The minimum absolute atomic E-state index is 0.0826. The fraction of sp³-hybridized carbons (Fsp3) is 0.323. The van der Waals surface area contributed by atoms with Crippen LogP contribution in [-0.2, 0) is 20.7 Å². The summed E-state index contributed by atoms with van der Waals surface area (Å²) in [5.41, 5.74) is 5.18. The lowest BCUT2D eigenvalue weighted by atomic mass is 9.98. The quantitative estimate of drug-likeness (QED) is 0.178. The van der Waals surface area contributed by atoms with Crippen LogP contribution in [0, 0.1) is 0 Å². The van der Waals surface area contributed by atoms with Gasteiger partial charge in [0.15, 0.2) is 0 Å². The number of aliphatic imine (C=N–C) groups is 1. The standard InChI is InChI=1S/C31H35N3O5/c1-32-18-10-9-17-27(30(36)37)33-29(35)28(19-21-11-3-2-4-12-21)34-31(38)39-20-26-24-15-7-5-13-22(24)23-14-6-8-16-25(23)26/h2-8,11-16,26-28,32H,9-10,17-20H2,1H3,(H,33,35)(H,34,38)(H,36,37)/p-1/t27-,28-/m0/s1. The van der Waals surface area contributed by atoms with Gasteiger partial charge in [-0.3, -0.25) is 9.79 Å². The van der Waals surface area contributed by atoms with Gasteiger partial charge in [0.05, 0.1) is 0 Å². The summed E-state index contributed by atoms with van der Waals surface area (Å²) in [6, 6.07) is 23.0. The predicted octanol–water partition coefficient (Wildman–Crippen LogP) is 3.10. The first-order chi connectivity index (χ1) is 19.0. The van der Waals surface area contributed by atoms with Gasteiger partial charge in [0, 0.05) is 18.9 Å². The van der Waals surface area contributed by atoms with Crippen LogP contribution in [0.15, 0.2) is 83.9 Å². The highest BCUT2D eigenvalue weighted by atomic mass is 16.6. The highest BCUT2D eigenvalue weighted by Crippen LogP contribution is 2.44. The highest BCUT2D eigenvalue weighted by Gasteiger charge is 2.28. The van der Waals surface area contributed by atoms with Crippen molar-refractivity contribution in [1.82, 2.24) is 10.6 Å². The Morgan fingerprint density at radius 1 is 0.949 bits per heavy atom. The number of hydrogen-bond donors (Lipinski definition) is 3. The van der Waals surface area contributed by atoms with Crippen molar-refractivity contribution < 1.29 is 24.5 Å². The van der Waals surface area contributed by atoms with E-state index in [1.54, 1.807) is 0 Å². The molecular formula is C31H34N3O5-. The fourth-order valence-corrected chi connectivity index (χ4v) is 4.97. The number of carboxylic acid groups (broad SMARTS) is 1. The number of unbranched alkanes of at least 4 members (excludes halogenated alkanes) is 1. The average molecular weight is 529 g/mol. The van der Waals surface area contributed by atoms with E-state index in [0.717, 1.165) is 40.8 Å². The number of rotatable bonds is 13. The molecule has 4 rings (SSSR count). The van der Waals surface area contributed by atoms with Gasteiger partial charge < -0.3 is 25.6 Å². The van der Waals surface area contributed by atoms with Crippen molar-refractivity contribution in [3.63, 3.8) is 0 Å². The van der Waals surface area contributed by atoms with Crippen molar-refractivity contribution in [1.29, 1.82) is 0 Å². The molecule has 3 aromatic carbocycles. The molecule has 1 amide bonds. The Labute approximate surface area is 228 Å². The molecule has 8 nitrogen and oxygen atoms in total. The second kappa shape index (κ2) is 13.6. The van der Waals surface area contributed by atoms with Crippen molar-refractivity contribution in [2.75, 3.05) is 20.2 Å². The zero-order valence-electron chi connectivity index (χ0n) is 22.0. The SMILES string of the molecule is CNCCCC[C@H](NC(=O)[C@H](Cc1ccccc1)N=C([O-])OCC1c2ccccc2-c2ccccc21)C(=O)O. The smallest absolute Gasteiger partial charge is 0.326 e. The maximum atomic E-state index is 13.2. The maximum Gasteiger partial charge on any atom is 0.326 e. The number of hydrogen-bond acceptors (Lipinski definition) is 6. The largest absolute Gasteiger partial charge is 0.599 e. The molecule has 0 heterocycles. The van der Waals surface area contributed by atoms with E-state index in [0.29, 0.717) is 6.42 Å². The summed E-state index contributed by atoms with van der Waals surface area (Å²) in [4.78, 5) is 29.1. The fourth-order valence-electron chi connectivity index (χ4n) is 4.97. The summed E-state index contributed by atoms with van der Waals surface area (Å²) in [7, 11) is 1.83. The van der Waals surface area contributed by atoms with Crippen LogP contribution in [0.5, 0.6) is 0 Å². The van der Waals surface area contributed by atoms with Crippen LogP contribution in [0.3, 0.4) is 0 Å². The number of nitrogens with zero attached hydrogens (tertiary/aromatic N) is 1. The van der Waals surface area contributed by atoms with E-state index in [2.05, 4.69) is 27.8 Å². The first-order valence-electron chi connectivity index (χ1n) is 13.3. The number of amides is 1. The second-order valence-corrected chi connectivity index (χ2v) is 9.64. The summed E-state index contributed by atoms with van der Waals surface area (Å²) < 4.78 is 5.59. The Bertz CT molecular complexity index is 1250. The first kappa shape index (κ1) is 27.9. The Hall–Kier alpha value is -4.17. The van der Waals surface area contributed by atoms with Gasteiger partial charge >= 0.3 is 5.97 Å². The van der Waals surface area contributed by atoms with Gasteiger partial charge in [0.2, 0.25) is 5.91 Å². The van der Waals surface area contributed by atoms with Crippen LogP contribution >= 0.6 is 0 Å². The summed E-state index contributed by atoms with van der Waals surface area (Å²) in [6.45, 7) is 0.841. The molecule has 0 saturated carbocycles. The van der Waals surface area contributed by atoms with Crippen molar-refractivity contribution >= 4 is 18.0 Å². The number of aliphatic carboxylic acids is 1. The average Bonchev–Trinajstić information content (AvgIpc) is 3.27. The molecule has 3 N–H and O–H groups in total. The zero-order valence-corrected chi connectivity index (χ0v) is 22.0. The minimum atomic E-state index is -1.12. The highest BCUT2D eigenvalue weighted by molar-refractivity contribution is 5.88. The Morgan fingerprint density at radius 2 is 1.56 bits per heavy atom. The van der Waals surface area contributed by atoms with E-state index in [-0.39, 0.29) is 25.4 Å². The molecule has 0 aliphatic heterocycles. The number of nitrogens with one attached hydrogen (secondary N) is 2. The lowest BCUT2D eigenvalue weighted by Crippen LogP contribution is -2.46. The maximum absolute atomic E-state index is 13.2. The van der Waals surface area contributed by atoms with Crippen LogP contribution in [0.1, 0.15) is 41.9 Å². The lowest BCUT2D eigenvalue weighted by molar-refractivity contribution is -0.251. The van der Waals surface area contributed by atoms with Crippen LogP contribution in [0.4, 0.5) is 0 Å². The first-order valence-corrected chi connectivity index (χ1v) is 13.3. The summed E-state index contributed by atoms with van der Waals surface area (Å²) in [6.07, 6.45) is 0.988. The third-order valence-electron chi connectivity index (χ3n) is 6.96.